The van der Waals surface area contributed by atoms with Gasteiger partial charge in [-0.1, -0.05) is 12.1 Å². The lowest BCUT2D eigenvalue weighted by Crippen LogP contribution is -2.39. The molecule has 0 aliphatic carbocycles. The van der Waals surface area contributed by atoms with Crippen molar-refractivity contribution in [2.75, 3.05) is 52.2 Å². The van der Waals surface area contributed by atoms with Crippen molar-refractivity contribution in [1.29, 1.82) is 0 Å². The number of rotatable bonds is 6. The van der Waals surface area contributed by atoms with E-state index < -0.39 is 0 Å². The highest BCUT2D eigenvalue weighted by molar-refractivity contribution is 7.80. The fraction of sp³-hybridized carbons (Fsp3) is 0.611. The van der Waals surface area contributed by atoms with Crippen molar-refractivity contribution in [2.24, 2.45) is 0 Å². The molecule has 4 nitrogen and oxygen atoms in total. The van der Waals surface area contributed by atoms with Crippen LogP contribution in [0.4, 0.5) is 5.69 Å². The Morgan fingerprint density at radius 1 is 1.09 bits per heavy atom. The standard InChI is InChI=1S/C18H30N4S/c1-20(2)14-11-19-18(23)21(3)15-16-7-9-17(10-8-16)22-12-5-4-6-13-22/h7-10H,4-6,11-15H2,1-3H3,(H,19,23). The molecule has 0 radical (unpaired) electrons. The van der Waals surface area contributed by atoms with Crippen LogP contribution in [0.2, 0.25) is 0 Å². The van der Waals surface area contributed by atoms with E-state index >= 15 is 0 Å². The molecule has 0 atom stereocenters. The number of piperidine rings is 1. The first-order chi connectivity index (χ1) is 11.1. The molecule has 1 fully saturated rings. The van der Waals surface area contributed by atoms with Crippen LogP contribution in [0.5, 0.6) is 0 Å². The van der Waals surface area contributed by atoms with E-state index in [-0.39, 0.29) is 0 Å². The van der Waals surface area contributed by atoms with Crippen molar-refractivity contribution in [3.8, 4) is 0 Å². The summed E-state index contributed by atoms with van der Waals surface area (Å²) < 4.78 is 0. The molecule has 1 N–H and O–H groups in total. The molecule has 1 saturated heterocycles. The van der Waals surface area contributed by atoms with Gasteiger partial charge in [-0.3, -0.25) is 0 Å². The van der Waals surface area contributed by atoms with E-state index in [4.69, 9.17) is 12.2 Å². The minimum atomic E-state index is 0.812. The molecule has 0 bridgehead atoms. The maximum absolute atomic E-state index is 5.44. The van der Waals surface area contributed by atoms with E-state index in [0.29, 0.717) is 0 Å². The van der Waals surface area contributed by atoms with Crippen molar-refractivity contribution in [3.63, 3.8) is 0 Å². The summed E-state index contributed by atoms with van der Waals surface area (Å²) in [5.74, 6) is 0. The number of nitrogens with zero attached hydrogens (tertiary/aromatic N) is 3. The number of benzene rings is 1. The van der Waals surface area contributed by atoms with Gasteiger partial charge >= 0.3 is 0 Å². The van der Waals surface area contributed by atoms with Crippen LogP contribution in [0.1, 0.15) is 24.8 Å². The molecule has 2 rings (SSSR count). The molecular formula is C18H30N4S. The second kappa shape index (κ2) is 9.08. The largest absolute Gasteiger partial charge is 0.372 e. The summed E-state index contributed by atoms with van der Waals surface area (Å²) in [5.41, 5.74) is 2.65. The molecule has 1 aliphatic rings. The maximum Gasteiger partial charge on any atom is 0.169 e. The number of thiocarbonyl (C=S) groups is 1. The average Bonchev–Trinajstić information content (AvgIpc) is 2.56. The van der Waals surface area contributed by atoms with Crippen LogP contribution >= 0.6 is 12.2 Å². The van der Waals surface area contributed by atoms with Crippen molar-refractivity contribution in [2.45, 2.75) is 25.8 Å². The molecule has 0 saturated carbocycles. The minimum absolute atomic E-state index is 0.812. The van der Waals surface area contributed by atoms with E-state index in [0.717, 1.165) is 24.7 Å². The third-order valence-corrected chi connectivity index (χ3v) is 4.72. The Hall–Kier alpha value is -1.33. The molecule has 1 aliphatic heterocycles. The highest BCUT2D eigenvalue weighted by Crippen LogP contribution is 2.20. The molecule has 1 aromatic carbocycles. The first-order valence-corrected chi connectivity index (χ1v) is 8.94. The highest BCUT2D eigenvalue weighted by Gasteiger charge is 2.11. The van der Waals surface area contributed by atoms with Crippen molar-refractivity contribution >= 4 is 23.0 Å². The van der Waals surface area contributed by atoms with E-state index in [1.165, 1.54) is 43.6 Å². The Kier molecular flexibility index (Phi) is 7.12. The third kappa shape index (κ3) is 5.99. The second-order valence-corrected chi connectivity index (χ2v) is 6.99. The van der Waals surface area contributed by atoms with Gasteiger partial charge in [-0.05, 0) is 63.3 Å². The number of hydrogen-bond donors (Lipinski definition) is 1. The van der Waals surface area contributed by atoms with Gasteiger partial charge in [0.15, 0.2) is 5.11 Å². The molecule has 0 unspecified atom stereocenters. The van der Waals surface area contributed by atoms with Crippen LogP contribution in [-0.2, 0) is 6.54 Å². The molecule has 1 heterocycles. The molecule has 0 spiro atoms. The summed E-state index contributed by atoms with van der Waals surface area (Å²) in [6.07, 6.45) is 4.01. The Labute approximate surface area is 146 Å². The molecule has 1 aromatic rings. The van der Waals surface area contributed by atoms with Crippen molar-refractivity contribution in [1.82, 2.24) is 15.1 Å². The van der Waals surface area contributed by atoms with Crippen LogP contribution in [0, 0.1) is 0 Å². The fourth-order valence-electron chi connectivity index (χ4n) is 2.83. The fourth-order valence-corrected chi connectivity index (χ4v) is 3.00. The van der Waals surface area contributed by atoms with Crippen molar-refractivity contribution < 1.29 is 0 Å². The van der Waals surface area contributed by atoms with Gasteiger partial charge in [-0.25, -0.2) is 0 Å². The van der Waals surface area contributed by atoms with Gasteiger partial charge < -0.3 is 20.0 Å². The van der Waals surface area contributed by atoms with Gasteiger partial charge in [0.25, 0.3) is 0 Å². The lowest BCUT2D eigenvalue weighted by atomic mass is 10.1. The van der Waals surface area contributed by atoms with Gasteiger partial charge in [0.2, 0.25) is 0 Å². The van der Waals surface area contributed by atoms with Gasteiger partial charge in [0, 0.05) is 45.5 Å². The monoisotopic (exact) mass is 334 g/mol. The maximum atomic E-state index is 5.44. The van der Waals surface area contributed by atoms with Gasteiger partial charge in [-0.15, -0.1) is 0 Å². The Morgan fingerprint density at radius 2 is 1.74 bits per heavy atom. The zero-order valence-electron chi connectivity index (χ0n) is 14.7. The van der Waals surface area contributed by atoms with Crippen LogP contribution in [0.3, 0.4) is 0 Å². The summed E-state index contributed by atoms with van der Waals surface area (Å²) in [6, 6.07) is 8.94. The van der Waals surface area contributed by atoms with E-state index in [2.05, 4.69) is 58.4 Å². The van der Waals surface area contributed by atoms with Crippen LogP contribution in [0.15, 0.2) is 24.3 Å². The van der Waals surface area contributed by atoms with Gasteiger partial charge in [-0.2, -0.15) is 0 Å². The molecule has 128 valence electrons. The van der Waals surface area contributed by atoms with E-state index in [1.54, 1.807) is 0 Å². The first-order valence-electron chi connectivity index (χ1n) is 8.54. The molecule has 5 heteroatoms. The number of anilines is 1. The zero-order chi connectivity index (χ0) is 16.7. The highest BCUT2D eigenvalue weighted by atomic mass is 32.1. The summed E-state index contributed by atoms with van der Waals surface area (Å²) in [5, 5.41) is 4.12. The first kappa shape index (κ1) is 18.0. The summed E-state index contributed by atoms with van der Waals surface area (Å²) in [6.45, 7) is 5.09. The smallest absolute Gasteiger partial charge is 0.169 e. The van der Waals surface area contributed by atoms with Gasteiger partial charge in [0.05, 0.1) is 0 Å². The summed E-state index contributed by atoms with van der Waals surface area (Å²) in [7, 11) is 6.18. The Bertz CT molecular complexity index is 480. The van der Waals surface area contributed by atoms with Crippen LogP contribution in [0.25, 0.3) is 0 Å². The molecule has 23 heavy (non-hydrogen) atoms. The molecule has 0 amide bonds. The molecule has 0 aromatic heterocycles. The second-order valence-electron chi connectivity index (χ2n) is 6.61. The normalized spacial score (nSPS) is 14.9. The quantitative estimate of drug-likeness (QED) is 0.805. The molecular weight excluding hydrogens is 304 g/mol. The number of hydrogen-bond acceptors (Lipinski definition) is 3. The van der Waals surface area contributed by atoms with Crippen molar-refractivity contribution in [3.05, 3.63) is 29.8 Å². The van der Waals surface area contributed by atoms with Crippen LogP contribution in [-0.4, -0.2) is 62.2 Å². The average molecular weight is 335 g/mol. The summed E-state index contributed by atoms with van der Waals surface area (Å²) in [4.78, 5) is 6.74. The Morgan fingerprint density at radius 3 is 2.35 bits per heavy atom. The summed E-state index contributed by atoms with van der Waals surface area (Å²) >= 11 is 5.44. The predicted molar refractivity (Wildman–Crippen MR) is 103 cm³/mol. The SMILES string of the molecule is CN(C)CCNC(=S)N(C)Cc1ccc(N2CCCCC2)cc1. The lowest BCUT2D eigenvalue weighted by molar-refractivity contribution is 0.406. The number of nitrogens with one attached hydrogen (secondary N) is 1. The third-order valence-electron chi connectivity index (χ3n) is 4.26. The van der Waals surface area contributed by atoms with Crippen LogP contribution < -0.4 is 10.2 Å². The number of likely N-dealkylation sites (N-methyl/N-ethyl adjacent to an activating group) is 1. The lowest BCUT2D eigenvalue weighted by Gasteiger charge is -2.29. The topological polar surface area (TPSA) is 21.8 Å². The van der Waals surface area contributed by atoms with E-state index in [9.17, 15) is 0 Å². The van der Waals surface area contributed by atoms with E-state index in [1.807, 2.05) is 7.05 Å². The Balaban J connectivity index is 1.81. The minimum Gasteiger partial charge on any atom is -0.372 e. The zero-order valence-corrected chi connectivity index (χ0v) is 15.5. The van der Waals surface area contributed by atoms with Gasteiger partial charge in [0.1, 0.15) is 0 Å². The predicted octanol–water partition coefficient (Wildman–Crippen LogP) is 2.54.